The number of rotatable bonds is 49. The maximum Gasteiger partial charge on any atom is 0.0701 e. The fourth-order valence-corrected chi connectivity index (χ4v) is 4.08. The van der Waals surface area contributed by atoms with Crippen LogP contribution in [0.2, 0.25) is 0 Å². The predicted molar refractivity (Wildman–Crippen MR) is 193 cm³/mol. The van der Waals surface area contributed by atoms with Crippen LogP contribution in [0.3, 0.4) is 0 Å². The molecule has 19 nitrogen and oxygen atoms in total. The van der Waals surface area contributed by atoms with E-state index in [1.165, 1.54) is 0 Å². The lowest BCUT2D eigenvalue weighted by Gasteiger charge is -2.33. The standard InChI is InChI=1S/C35H72O19/c36-1-5-40-9-13-44-17-20-48-24-28-52-32-35(31-51-27-23-47-16-12-43-8-4-39,33-53-29-25-49-21-18-45-14-10-41-6-2-37)34-54-30-26-50-22-19-46-15-11-42-7-3-38/h36-39H,1-34H2. The number of aliphatic hydroxyl groups excluding tert-OH is 4. The van der Waals surface area contributed by atoms with Crippen LogP contribution in [-0.4, -0.2) is 245 Å². The van der Waals surface area contributed by atoms with E-state index < -0.39 is 5.41 Å². The quantitative estimate of drug-likeness (QED) is 0.0499. The lowest BCUT2D eigenvalue weighted by atomic mass is 9.92. The van der Waals surface area contributed by atoms with E-state index in [0.29, 0.717) is 145 Å². The van der Waals surface area contributed by atoms with E-state index in [1.807, 2.05) is 0 Å². The van der Waals surface area contributed by atoms with Gasteiger partial charge in [-0.3, -0.25) is 0 Å². The van der Waals surface area contributed by atoms with Crippen LogP contribution in [0.25, 0.3) is 0 Å². The zero-order chi connectivity index (χ0) is 39.1. The summed E-state index contributed by atoms with van der Waals surface area (Å²) < 4.78 is 83.7. The first kappa shape index (κ1) is 53.2. The Morgan fingerprint density at radius 2 is 0.315 bits per heavy atom. The van der Waals surface area contributed by atoms with Crippen LogP contribution in [0.1, 0.15) is 0 Å². The molecule has 0 aliphatic carbocycles. The van der Waals surface area contributed by atoms with Crippen LogP contribution in [0.15, 0.2) is 0 Å². The first-order valence-electron chi connectivity index (χ1n) is 18.8. The fourth-order valence-electron chi connectivity index (χ4n) is 4.08. The second-order valence-corrected chi connectivity index (χ2v) is 11.3. The van der Waals surface area contributed by atoms with E-state index in [4.69, 9.17) is 91.5 Å². The zero-order valence-corrected chi connectivity index (χ0v) is 32.5. The molecular formula is C35H72O19. The molecule has 0 saturated carbocycles. The summed E-state index contributed by atoms with van der Waals surface area (Å²) in [5, 5.41) is 35.1. The minimum Gasteiger partial charge on any atom is -0.394 e. The van der Waals surface area contributed by atoms with Crippen LogP contribution < -0.4 is 0 Å². The largest absolute Gasteiger partial charge is 0.394 e. The maximum absolute atomic E-state index is 8.83. The number of aliphatic hydroxyl groups is 4. The normalized spacial score (nSPS) is 12.0. The van der Waals surface area contributed by atoms with Gasteiger partial charge in [0, 0.05) is 0 Å². The summed E-state index contributed by atoms with van der Waals surface area (Å²) in [7, 11) is 0. The minimum atomic E-state index is -0.669. The highest BCUT2D eigenvalue weighted by molar-refractivity contribution is 4.79. The molecule has 0 unspecified atom stereocenters. The fraction of sp³-hybridized carbons (Fsp3) is 1.00. The Kier molecular flexibility index (Phi) is 46.0. The third-order valence-corrected chi connectivity index (χ3v) is 6.67. The molecule has 4 N–H and O–H groups in total. The second kappa shape index (κ2) is 46.6. The highest BCUT2D eigenvalue weighted by atomic mass is 16.6. The lowest BCUT2D eigenvalue weighted by Crippen LogP contribution is -2.43. The first-order valence-corrected chi connectivity index (χ1v) is 18.8. The Labute approximate surface area is 321 Å². The number of ether oxygens (including phenoxy) is 15. The van der Waals surface area contributed by atoms with E-state index in [9.17, 15) is 0 Å². The Balaban J connectivity index is 4.87. The maximum atomic E-state index is 8.83. The molecule has 0 aromatic rings. The van der Waals surface area contributed by atoms with Crippen LogP contribution in [-0.2, 0) is 71.1 Å². The molecule has 19 heteroatoms. The predicted octanol–water partition coefficient (Wildman–Crippen LogP) is -1.81. The van der Waals surface area contributed by atoms with Crippen molar-refractivity contribution in [2.45, 2.75) is 0 Å². The Morgan fingerprint density at radius 1 is 0.185 bits per heavy atom. The lowest BCUT2D eigenvalue weighted by molar-refractivity contribution is -0.123. The van der Waals surface area contributed by atoms with Gasteiger partial charge in [-0.25, -0.2) is 0 Å². The van der Waals surface area contributed by atoms with Crippen molar-refractivity contribution in [3.05, 3.63) is 0 Å². The first-order chi connectivity index (χ1) is 26.7. The van der Waals surface area contributed by atoms with E-state index in [2.05, 4.69) is 0 Å². The van der Waals surface area contributed by atoms with Crippen molar-refractivity contribution in [2.75, 3.05) is 225 Å². The van der Waals surface area contributed by atoms with Gasteiger partial charge >= 0.3 is 0 Å². The molecule has 0 aliphatic heterocycles. The van der Waals surface area contributed by atoms with Gasteiger partial charge in [0.2, 0.25) is 0 Å². The number of hydrogen-bond acceptors (Lipinski definition) is 19. The Hall–Kier alpha value is -0.760. The summed E-state index contributed by atoms with van der Waals surface area (Å²) in [6, 6.07) is 0. The molecule has 0 aromatic carbocycles. The smallest absolute Gasteiger partial charge is 0.0701 e. The Morgan fingerprint density at radius 3 is 0.463 bits per heavy atom. The molecule has 0 bridgehead atoms. The van der Waals surface area contributed by atoms with Crippen molar-refractivity contribution in [3.63, 3.8) is 0 Å². The van der Waals surface area contributed by atoms with Crippen molar-refractivity contribution in [1.29, 1.82) is 0 Å². The third-order valence-electron chi connectivity index (χ3n) is 6.67. The molecule has 0 fully saturated rings. The molecular weight excluding hydrogens is 724 g/mol. The van der Waals surface area contributed by atoms with Gasteiger partial charge in [-0.05, 0) is 0 Å². The van der Waals surface area contributed by atoms with E-state index in [0.717, 1.165) is 0 Å². The summed E-state index contributed by atoms with van der Waals surface area (Å²) in [6.07, 6.45) is 0. The zero-order valence-electron chi connectivity index (χ0n) is 32.5. The van der Waals surface area contributed by atoms with Crippen molar-refractivity contribution in [2.24, 2.45) is 5.41 Å². The molecule has 0 spiro atoms. The molecule has 0 amide bonds. The van der Waals surface area contributed by atoms with Gasteiger partial charge in [-0.2, -0.15) is 0 Å². The summed E-state index contributed by atoms with van der Waals surface area (Å²) in [5.74, 6) is 0. The molecule has 0 rings (SSSR count). The van der Waals surface area contributed by atoms with Crippen molar-refractivity contribution in [1.82, 2.24) is 0 Å². The molecule has 0 heterocycles. The summed E-state index contributed by atoms with van der Waals surface area (Å²) >= 11 is 0. The van der Waals surface area contributed by atoms with Crippen molar-refractivity contribution >= 4 is 0 Å². The van der Waals surface area contributed by atoms with E-state index in [1.54, 1.807) is 0 Å². The molecule has 326 valence electrons. The monoisotopic (exact) mass is 796 g/mol. The van der Waals surface area contributed by atoms with Gasteiger partial charge in [0.05, 0.1) is 230 Å². The highest BCUT2D eigenvalue weighted by Crippen LogP contribution is 2.21. The van der Waals surface area contributed by atoms with Crippen LogP contribution >= 0.6 is 0 Å². The average Bonchev–Trinajstić information content (AvgIpc) is 3.18. The summed E-state index contributed by atoms with van der Waals surface area (Å²) in [5.41, 5.74) is -0.669. The SMILES string of the molecule is OCCOCCOCCOCCOCC(COCCOCCOCCO)(COCCOCCOCCOCCO)COCCOCCOCCOCCO. The van der Waals surface area contributed by atoms with Gasteiger partial charge in [0.15, 0.2) is 0 Å². The van der Waals surface area contributed by atoms with E-state index in [-0.39, 0.29) is 79.3 Å². The Bertz CT molecular complexity index is 615. The van der Waals surface area contributed by atoms with Gasteiger partial charge in [-0.1, -0.05) is 0 Å². The third kappa shape index (κ3) is 40.9. The van der Waals surface area contributed by atoms with Gasteiger partial charge in [-0.15, -0.1) is 0 Å². The van der Waals surface area contributed by atoms with Crippen LogP contribution in [0, 0.1) is 5.41 Å². The van der Waals surface area contributed by atoms with Gasteiger partial charge < -0.3 is 91.5 Å². The van der Waals surface area contributed by atoms with Gasteiger partial charge in [0.1, 0.15) is 0 Å². The number of hydrogen-bond donors (Lipinski definition) is 4. The average molecular weight is 797 g/mol. The molecule has 0 atom stereocenters. The van der Waals surface area contributed by atoms with Crippen molar-refractivity contribution < 1.29 is 91.5 Å². The second-order valence-electron chi connectivity index (χ2n) is 11.3. The molecule has 54 heavy (non-hydrogen) atoms. The van der Waals surface area contributed by atoms with Crippen molar-refractivity contribution in [3.8, 4) is 0 Å². The van der Waals surface area contributed by atoms with Crippen LogP contribution in [0.5, 0.6) is 0 Å². The molecule has 0 aliphatic rings. The molecule has 0 aromatic heterocycles. The minimum absolute atomic E-state index is 0.0176. The summed E-state index contributed by atoms with van der Waals surface area (Å²) in [4.78, 5) is 0. The molecule has 0 saturated heterocycles. The topological polar surface area (TPSA) is 219 Å². The van der Waals surface area contributed by atoms with E-state index >= 15 is 0 Å². The highest BCUT2D eigenvalue weighted by Gasteiger charge is 2.32. The summed E-state index contributed by atoms with van der Waals surface area (Å²) in [6.45, 7) is 10.6. The molecule has 0 radical (unpaired) electrons. The van der Waals surface area contributed by atoms with Gasteiger partial charge in [0.25, 0.3) is 0 Å². The van der Waals surface area contributed by atoms with Crippen LogP contribution in [0.4, 0.5) is 0 Å².